The van der Waals surface area contributed by atoms with Crippen molar-refractivity contribution in [3.63, 3.8) is 0 Å². The number of carbonyl (C=O) groups is 1. The number of nitrogen functional groups attached to an aromatic ring is 1. The maximum absolute atomic E-state index is 12.0. The Labute approximate surface area is 114 Å². The third-order valence-electron chi connectivity index (χ3n) is 3.47. The Bertz CT molecular complexity index is 457. The van der Waals surface area contributed by atoms with Gasteiger partial charge in [0.2, 0.25) is 5.91 Å². The predicted molar refractivity (Wildman–Crippen MR) is 75.8 cm³/mol. The number of ether oxygens (including phenoxy) is 1. The van der Waals surface area contributed by atoms with Gasteiger partial charge < -0.3 is 15.8 Å². The van der Waals surface area contributed by atoms with E-state index in [2.05, 4.69) is 19.2 Å². The highest BCUT2D eigenvalue weighted by molar-refractivity contribution is 5.80. The number of para-hydroxylation sites is 1. The Kier molecular flexibility index (Phi) is 4.10. The molecule has 1 atom stereocenters. The predicted octanol–water partition coefficient (Wildman–Crippen LogP) is 1.89. The molecule has 1 aromatic carbocycles. The third kappa shape index (κ3) is 3.96. The summed E-state index contributed by atoms with van der Waals surface area (Å²) in [5, 5.41) is 3.08. The Hall–Kier alpha value is -1.55. The van der Waals surface area contributed by atoms with Crippen LogP contribution in [-0.4, -0.2) is 24.2 Å². The molecule has 1 aliphatic heterocycles. The smallest absolute Gasteiger partial charge is 0.224 e. The molecule has 1 unspecified atom stereocenters. The molecule has 2 rings (SSSR count). The van der Waals surface area contributed by atoms with Gasteiger partial charge >= 0.3 is 0 Å². The van der Waals surface area contributed by atoms with Gasteiger partial charge in [-0.15, -0.1) is 0 Å². The minimum Gasteiger partial charge on any atom is -0.398 e. The average Bonchev–Trinajstić information content (AvgIpc) is 2.30. The van der Waals surface area contributed by atoms with Crippen LogP contribution >= 0.6 is 0 Å². The van der Waals surface area contributed by atoms with E-state index in [9.17, 15) is 4.79 Å². The summed E-state index contributed by atoms with van der Waals surface area (Å²) in [6, 6.07) is 7.68. The molecule has 0 bridgehead atoms. The summed E-state index contributed by atoms with van der Waals surface area (Å²) in [6.07, 6.45) is 2.06. The fraction of sp³-hybridized carbons (Fsp3) is 0.533. The maximum atomic E-state index is 12.0. The standard InChI is InChI=1S/C15H22N2O2/c1-15(2)10-12(7-8-19-15)17-14(18)9-11-5-3-4-6-13(11)16/h3-6,12H,7-10,16H2,1-2H3,(H,17,18). The number of nitrogens with one attached hydrogen (secondary N) is 1. The molecule has 0 spiro atoms. The van der Waals surface area contributed by atoms with Crippen LogP contribution in [0.3, 0.4) is 0 Å². The second-order valence-electron chi connectivity index (χ2n) is 5.74. The number of carbonyl (C=O) groups excluding carboxylic acids is 1. The van der Waals surface area contributed by atoms with Crippen LogP contribution < -0.4 is 11.1 Å². The fourth-order valence-corrected chi connectivity index (χ4v) is 2.50. The van der Waals surface area contributed by atoms with Crippen LogP contribution in [0.25, 0.3) is 0 Å². The molecule has 0 saturated carbocycles. The Morgan fingerprint density at radius 1 is 1.47 bits per heavy atom. The lowest BCUT2D eigenvalue weighted by molar-refractivity contribution is -0.123. The van der Waals surface area contributed by atoms with Crippen molar-refractivity contribution in [1.82, 2.24) is 5.32 Å². The van der Waals surface area contributed by atoms with E-state index < -0.39 is 0 Å². The van der Waals surface area contributed by atoms with Crippen LogP contribution in [0.1, 0.15) is 32.3 Å². The van der Waals surface area contributed by atoms with Crippen LogP contribution in [0.2, 0.25) is 0 Å². The van der Waals surface area contributed by atoms with Crippen molar-refractivity contribution in [2.75, 3.05) is 12.3 Å². The van der Waals surface area contributed by atoms with Crippen LogP contribution in [-0.2, 0) is 16.0 Å². The number of amides is 1. The molecule has 0 aromatic heterocycles. The van der Waals surface area contributed by atoms with Gasteiger partial charge in [-0.1, -0.05) is 18.2 Å². The summed E-state index contributed by atoms with van der Waals surface area (Å²) in [5.74, 6) is 0.0283. The first-order chi connectivity index (χ1) is 8.96. The molecule has 4 heteroatoms. The zero-order valence-electron chi connectivity index (χ0n) is 11.6. The molecule has 3 N–H and O–H groups in total. The number of nitrogens with two attached hydrogens (primary N) is 1. The fourth-order valence-electron chi connectivity index (χ4n) is 2.50. The summed E-state index contributed by atoms with van der Waals surface area (Å²) in [5.41, 5.74) is 7.25. The van der Waals surface area contributed by atoms with Crippen LogP contribution in [0.5, 0.6) is 0 Å². The lowest BCUT2D eigenvalue weighted by Crippen LogP contribution is -2.46. The topological polar surface area (TPSA) is 64.4 Å². The number of hydrogen-bond donors (Lipinski definition) is 2. The van der Waals surface area contributed by atoms with Gasteiger partial charge in [-0.3, -0.25) is 4.79 Å². The second-order valence-corrected chi connectivity index (χ2v) is 5.74. The van der Waals surface area contributed by atoms with E-state index in [1.807, 2.05) is 24.3 Å². The average molecular weight is 262 g/mol. The van der Waals surface area contributed by atoms with Crippen molar-refractivity contribution in [2.24, 2.45) is 0 Å². The normalized spacial score (nSPS) is 21.9. The summed E-state index contributed by atoms with van der Waals surface area (Å²) < 4.78 is 5.64. The number of hydrogen-bond acceptors (Lipinski definition) is 3. The van der Waals surface area contributed by atoms with E-state index in [1.165, 1.54) is 0 Å². The SMILES string of the molecule is CC1(C)CC(NC(=O)Cc2ccccc2N)CCO1. The van der Waals surface area contributed by atoms with Crippen molar-refractivity contribution in [3.05, 3.63) is 29.8 Å². The van der Waals surface area contributed by atoms with Gasteiger partial charge in [0.15, 0.2) is 0 Å². The van der Waals surface area contributed by atoms with Gasteiger partial charge in [0.05, 0.1) is 12.0 Å². The van der Waals surface area contributed by atoms with Crippen LogP contribution in [0, 0.1) is 0 Å². The van der Waals surface area contributed by atoms with Gasteiger partial charge in [0.25, 0.3) is 0 Å². The molecular formula is C15H22N2O2. The molecule has 19 heavy (non-hydrogen) atoms. The maximum Gasteiger partial charge on any atom is 0.224 e. The zero-order valence-corrected chi connectivity index (χ0v) is 11.6. The van der Waals surface area contributed by atoms with Gasteiger partial charge in [0, 0.05) is 18.3 Å². The van der Waals surface area contributed by atoms with E-state index in [0.717, 1.165) is 18.4 Å². The van der Waals surface area contributed by atoms with Crippen LogP contribution in [0.15, 0.2) is 24.3 Å². The molecule has 0 radical (unpaired) electrons. The highest BCUT2D eigenvalue weighted by Crippen LogP contribution is 2.24. The van der Waals surface area contributed by atoms with Crippen molar-refractivity contribution in [3.8, 4) is 0 Å². The Balaban J connectivity index is 1.90. The van der Waals surface area contributed by atoms with E-state index >= 15 is 0 Å². The summed E-state index contributed by atoms with van der Waals surface area (Å²) in [7, 11) is 0. The second kappa shape index (κ2) is 5.61. The van der Waals surface area contributed by atoms with E-state index in [0.29, 0.717) is 18.7 Å². The largest absolute Gasteiger partial charge is 0.398 e. The first-order valence-electron chi connectivity index (χ1n) is 6.73. The van der Waals surface area contributed by atoms with Crippen molar-refractivity contribution < 1.29 is 9.53 Å². The highest BCUT2D eigenvalue weighted by Gasteiger charge is 2.29. The van der Waals surface area contributed by atoms with E-state index in [1.54, 1.807) is 0 Å². The number of benzene rings is 1. The first-order valence-corrected chi connectivity index (χ1v) is 6.73. The van der Waals surface area contributed by atoms with E-state index in [-0.39, 0.29) is 17.6 Å². The molecule has 1 saturated heterocycles. The van der Waals surface area contributed by atoms with Crippen molar-refractivity contribution in [1.29, 1.82) is 0 Å². The summed E-state index contributed by atoms with van der Waals surface area (Å²) >= 11 is 0. The summed E-state index contributed by atoms with van der Waals surface area (Å²) in [4.78, 5) is 12.0. The molecular weight excluding hydrogens is 240 g/mol. The Morgan fingerprint density at radius 2 is 2.21 bits per heavy atom. The molecule has 104 valence electrons. The van der Waals surface area contributed by atoms with Gasteiger partial charge in [0.1, 0.15) is 0 Å². The zero-order chi connectivity index (χ0) is 13.9. The number of anilines is 1. The summed E-state index contributed by atoms with van der Waals surface area (Å²) in [6.45, 7) is 4.81. The molecule has 1 amide bonds. The van der Waals surface area contributed by atoms with Crippen molar-refractivity contribution >= 4 is 11.6 Å². The minimum absolute atomic E-state index is 0.0283. The molecule has 1 fully saturated rings. The Morgan fingerprint density at radius 3 is 2.89 bits per heavy atom. The molecule has 1 heterocycles. The van der Waals surface area contributed by atoms with Crippen LogP contribution in [0.4, 0.5) is 5.69 Å². The van der Waals surface area contributed by atoms with Gasteiger partial charge in [-0.2, -0.15) is 0 Å². The molecule has 1 aromatic rings. The van der Waals surface area contributed by atoms with Gasteiger partial charge in [-0.05, 0) is 38.3 Å². The molecule has 4 nitrogen and oxygen atoms in total. The molecule has 1 aliphatic rings. The molecule has 0 aliphatic carbocycles. The van der Waals surface area contributed by atoms with Gasteiger partial charge in [-0.25, -0.2) is 0 Å². The number of rotatable bonds is 3. The highest BCUT2D eigenvalue weighted by atomic mass is 16.5. The van der Waals surface area contributed by atoms with Crippen molar-refractivity contribution in [2.45, 2.75) is 44.8 Å². The quantitative estimate of drug-likeness (QED) is 0.818. The van der Waals surface area contributed by atoms with E-state index in [4.69, 9.17) is 10.5 Å². The lowest BCUT2D eigenvalue weighted by Gasteiger charge is -2.35. The lowest BCUT2D eigenvalue weighted by atomic mass is 9.94. The monoisotopic (exact) mass is 262 g/mol. The first kappa shape index (κ1) is 13.9. The third-order valence-corrected chi connectivity index (χ3v) is 3.47. The minimum atomic E-state index is -0.151.